The zero-order valence-electron chi connectivity index (χ0n) is 7.40. The lowest BCUT2D eigenvalue weighted by molar-refractivity contribution is 0.468. The zero-order chi connectivity index (χ0) is 8.84. The van der Waals surface area contributed by atoms with Crippen LogP contribution in [0.25, 0.3) is 0 Å². The standard InChI is InChI=1S/C12H11N/c13-7-8-2-1-3-9(6-8)12-10-4-5-11(10)12/h1-3,6,10-12H,4-5H2. The minimum atomic E-state index is 0.799. The van der Waals surface area contributed by atoms with Crippen molar-refractivity contribution in [2.45, 2.75) is 18.8 Å². The molecule has 2 aliphatic rings. The molecule has 0 heterocycles. The molecule has 0 bridgehead atoms. The summed E-state index contributed by atoms with van der Waals surface area (Å²) in [6.07, 6.45) is 2.82. The van der Waals surface area contributed by atoms with Crippen LogP contribution in [0.4, 0.5) is 0 Å². The predicted molar refractivity (Wildman–Crippen MR) is 50.1 cm³/mol. The molecule has 2 fully saturated rings. The lowest BCUT2D eigenvalue weighted by atomic mass is 10.0. The Morgan fingerprint density at radius 3 is 2.62 bits per heavy atom. The SMILES string of the molecule is N#Cc1cccc(C2C3CCC32)c1. The highest BCUT2D eigenvalue weighted by Gasteiger charge is 2.56. The Morgan fingerprint density at radius 1 is 1.23 bits per heavy atom. The third kappa shape index (κ3) is 0.920. The first-order valence-corrected chi connectivity index (χ1v) is 4.90. The van der Waals surface area contributed by atoms with Gasteiger partial charge in [-0.05, 0) is 48.3 Å². The van der Waals surface area contributed by atoms with E-state index in [1.165, 1.54) is 18.4 Å². The Kier molecular flexibility index (Phi) is 1.29. The fourth-order valence-electron chi connectivity index (χ4n) is 2.67. The van der Waals surface area contributed by atoms with Crippen LogP contribution in [0.3, 0.4) is 0 Å². The summed E-state index contributed by atoms with van der Waals surface area (Å²) in [6, 6.07) is 10.3. The second kappa shape index (κ2) is 2.35. The molecular formula is C12H11N. The van der Waals surface area contributed by atoms with Crippen molar-refractivity contribution in [3.8, 4) is 6.07 Å². The van der Waals surface area contributed by atoms with Crippen molar-refractivity contribution in [1.82, 2.24) is 0 Å². The van der Waals surface area contributed by atoms with Crippen molar-refractivity contribution >= 4 is 0 Å². The Labute approximate surface area is 78.0 Å². The van der Waals surface area contributed by atoms with Crippen molar-refractivity contribution in [3.63, 3.8) is 0 Å². The fraction of sp³-hybridized carbons (Fsp3) is 0.417. The second-order valence-electron chi connectivity index (χ2n) is 4.17. The molecule has 2 unspecified atom stereocenters. The zero-order valence-corrected chi connectivity index (χ0v) is 7.40. The fourth-order valence-corrected chi connectivity index (χ4v) is 2.67. The normalized spacial score (nSPS) is 34.2. The highest BCUT2D eigenvalue weighted by molar-refractivity contribution is 5.38. The molecule has 0 aliphatic heterocycles. The molecule has 3 rings (SSSR count). The van der Waals surface area contributed by atoms with Gasteiger partial charge in [-0.15, -0.1) is 0 Å². The molecule has 0 spiro atoms. The van der Waals surface area contributed by atoms with Gasteiger partial charge in [-0.2, -0.15) is 5.26 Å². The Balaban J connectivity index is 1.93. The summed E-state index contributed by atoms with van der Waals surface area (Å²) in [5.41, 5.74) is 2.20. The lowest BCUT2D eigenvalue weighted by Gasteiger charge is -2.04. The van der Waals surface area contributed by atoms with E-state index < -0.39 is 0 Å². The summed E-state index contributed by atoms with van der Waals surface area (Å²) >= 11 is 0. The average Bonchev–Trinajstić information content (AvgIpc) is 2.68. The molecule has 0 aromatic heterocycles. The molecule has 1 aromatic carbocycles. The van der Waals surface area contributed by atoms with Crippen LogP contribution in [0.2, 0.25) is 0 Å². The molecule has 0 saturated heterocycles. The molecule has 1 nitrogen and oxygen atoms in total. The minimum Gasteiger partial charge on any atom is -0.192 e. The van der Waals surface area contributed by atoms with Crippen LogP contribution in [0.15, 0.2) is 24.3 Å². The van der Waals surface area contributed by atoms with Crippen LogP contribution < -0.4 is 0 Å². The molecule has 0 amide bonds. The van der Waals surface area contributed by atoms with Crippen LogP contribution in [-0.2, 0) is 0 Å². The van der Waals surface area contributed by atoms with Crippen molar-refractivity contribution in [2.24, 2.45) is 11.8 Å². The number of rotatable bonds is 1. The number of nitriles is 1. The Hall–Kier alpha value is -1.29. The lowest BCUT2D eigenvalue weighted by Crippen LogP contribution is -1.93. The topological polar surface area (TPSA) is 23.8 Å². The monoisotopic (exact) mass is 169 g/mol. The first-order chi connectivity index (χ1) is 6.40. The van der Waals surface area contributed by atoms with Gasteiger partial charge in [-0.1, -0.05) is 12.1 Å². The third-order valence-corrected chi connectivity index (χ3v) is 3.57. The van der Waals surface area contributed by atoms with Gasteiger partial charge >= 0.3 is 0 Å². The Morgan fingerprint density at radius 2 is 2.00 bits per heavy atom. The number of benzene rings is 1. The molecule has 0 N–H and O–H groups in total. The average molecular weight is 169 g/mol. The van der Waals surface area contributed by atoms with E-state index in [-0.39, 0.29) is 0 Å². The van der Waals surface area contributed by atoms with Gasteiger partial charge in [-0.3, -0.25) is 0 Å². The van der Waals surface area contributed by atoms with Crippen LogP contribution in [-0.4, -0.2) is 0 Å². The largest absolute Gasteiger partial charge is 0.192 e. The van der Waals surface area contributed by atoms with E-state index in [1.54, 1.807) is 0 Å². The van der Waals surface area contributed by atoms with Crippen LogP contribution in [0.1, 0.15) is 29.9 Å². The number of fused-ring (bicyclic) bond motifs is 1. The molecule has 64 valence electrons. The van der Waals surface area contributed by atoms with Crippen molar-refractivity contribution < 1.29 is 0 Å². The highest BCUT2D eigenvalue weighted by Crippen LogP contribution is 2.66. The first-order valence-electron chi connectivity index (χ1n) is 4.90. The van der Waals surface area contributed by atoms with Crippen molar-refractivity contribution in [1.29, 1.82) is 5.26 Å². The van der Waals surface area contributed by atoms with Gasteiger partial charge < -0.3 is 0 Å². The summed E-state index contributed by atoms with van der Waals surface area (Å²) in [4.78, 5) is 0. The van der Waals surface area contributed by atoms with Crippen LogP contribution in [0.5, 0.6) is 0 Å². The van der Waals surface area contributed by atoms with Crippen LogP contribution in [0, 0.1) is 23.2 Å². The molecular weight excluding hydrogens is 158 g/mol. The van der Waals surface area contributed by atoms with Gasteiger partial charge in [0.05, 0.1) is 11.6 Å². The maximum Gasteiger partial charge on any atom is 0.0991 e. The van der Waals surface area contributed by atoms with Crippen LogP contribution >= 0.6 is 0 Å². The number of hydrogen-bond donors (Lipinski definition) is 0. The summed E-state index contributed by atoms with van der Waals surface area (Å²) in [7, 11) is 0. The highest BCUT2D eigenvalue weighted by atomic mass is 14.6. The maximum absolute atomic E-state index is 8.76. The van der Waals surface area contributed by atoms with E-state index in [1.807, 2.05) is 12.1 Å². The molecule has 1 heteroatoms. The molecule has 2 saturated carbocycles. The smallest absolute Gasteiger partial charge is 0.0991 e. The molecule has 0 radical (unpaired) electrons. The van der Waals surface area contributed by atoms with Gasteiger partial charge in [0.1, 0.15) is 0 Å². The van der Waals surface area contributed by atoms with E-state index >= 15 is 0 Å². The van der Waals surface area contributed by atoms with Gasteiger partial charge in [0.2, 0.25) is 0 Å². The maximum atomic E-state index is 8.76. The van der Waals surface area contributed by atoms with Gasteiger partial charge in [0.15, 0.2) is 0 Å². The van der Waals surface area contributed by atoms with Crippen molar-refractivity contribution in [3.05, 3.63) is 35.4 Å². The number of hydrogen-bond acceptors (Lipinski definition) is 1. The predicted octanol–water partition coefficient (Wildman–Crippen LogP) is 2.68. The molecule has 2 aliphatic carbocycles. The Bertz CT molecular complexity index is 378. The molecule has 2 atom stereocenters. The number of nitrogens with zero attached hydrogens (tertiary/aromatic N) is 1. The quantitative estimate of drug-likeness (QED) is 0.634. The van der Waals surface area contributed by atoms with Gasteiger partial charge in [-0.25, -0.2) is 0 Å². The molecule has 1 aromatic rings. The summed E-state index contributed by atoms with van der Waals surface area (Å²) in [6.45, 7) is 0. The summed E-state index contributed by atoms with van der Waals surface area (Å²) in [5.74, 6) is 2.73. The summed E-state index contributed by atoms with van der Waals surface area (Å²) < 4.78 is 0. The van der Waals surface area contributed by atoms with E-state index in [0.29, 0.717) is 0 Å². The van der Waals surface area contributed by atoms with E-state index in [0.717, 1.165) is 23.3 Å². The third-order valence-electron chi connectivity index (χ3n) is 3.57. The van der Waals surface area contributed by atoms with Crippen molar-refractivity contribution in [2.75, 3.05) is 0 Å². The molecule has 13 heavy (non-hydrogen) atoms. The van der Waals surface area contributed by atoms with E-state index in [9.17, 15) is 0 Å². The van der Waals surface area contributed by atoms with E-state index in [4.69, 9.17) is 5.26 Å². The minimum absolute atomic E-state index is 0.799. The second-order valence-corrected chi connectivity index (χ2v) is 4.17. The first kappa shape index (κ1) is 7.15. The van der Waals surface area contributed by atoms with E-state index in [2.05, 4.69) is 18.2 Å². The van der Waals surface area contributed by atoms with Gasteiger partial charge in [0, 0.05) is 0 Å². The van der Waals surface area contributed by atoms with Gasteiger partial charge in [0.25, 0.3) is 0 Å². The summed E-state index contributed by atoms with van der Waals surface area (Å²) in [5, 5.41) is 8.76.